The topological polar surface area (TPSA) is 9.86 Å². The molecule has 2 aromatic heterocycles. The molecule has 220 valence electrons. The second-order valence-electron chi connectivity index (χ2n) is 14.4. The van der Waals surface area contributed by atoms with Crippen LogP contribution in [0.15, 0.2) is 127 Å². The van der Waals surface area contributed by atoms with E-state index in [1.807, 2.05) is 0 Å². The van der Waals surface area contributed by atoms with E-state index in [4.69, 9.17) is 0 Å². The van der Waals surface area contributed by atoms with Crippen LogP contribution in [0.5, 0.6) is 0 Å². The van der Waals surface area contributed by atoms with Gasteiger partial charge in [0.25, 0.3) is 6.71 Å². The number of aromatic nitrogens is 2. The van der Waals surface area contributed by atoms with E-state index in [0.29, 0.717) is 0 Å². The van der Waals surface area contributed by atoms with Gasteiger partial charge in [0.2, 0.25) is 0 Å². The molecular formula is C45H27BN2. The van der Waals surface area contributed by atoms with E-state index in [0.717, 1.165) is 0 Å². The third kappa shape index (κ3) is 2.29. The molecule has 0 atom stereocenters. The average molecular weight is 607 g/mol. The van der Waals surface area contributed by atoms with Crippen LogP contribution in [0.3, 0.4) is 0 Å². The van der Waals surface area contributed by atoms with E-state index in [2.05, 4.69) is 150 Å². The van der Waals surface area contributed by atoms with Crippen molar-refractivity contribution in [1.82, 2.24) is 9.13 Å². The number of rotatable bonds is 0. The van der Waals surface area contributed by atoms with Crippen molar-refractivity contribution in [2.75, 3.05) is 0 Å². The van der Waals surface area contributed by atoms with Crippen LogP contribution in [-0.4, -0.2) is 15.8 Å². The molecule has 48 heavy (non-hydrogen) atoms. The van der Waals surface area contributed by atoms with Gasteiger partial charge in [-0.3, -0.25) is 0 Å². The normalized spacial score (nSPS) is 15.0. The van der Waals surface area contributed by atoms with E-state index in [-0.39, 0.29) is 6.71 Å². The first-order valence-corrected chi connectivity index (χ1v) is 17.2. The van der Waals surface area contributed by atoms with Crippen LogP contribution in [0.2, 0.25) is 0 Å². The smallest absolute Gasteiger partial charge is 0.253 e. The summed E-state index contributed by atoms with van der Waals surface area (Å²) in [5.41, 5.74) is 21.7. The van der Waals surface area contributed by atoms with Crippen LogP contribution in [0, 0.1) is 13.8 Å². The Kier molecular flexibility index (Phi) is 3.90. The number of nitrogens with zero attached hydrogens (tertiary/aromatic N) is 2. The Bertz CT molecular complexity index is 3000. The van der Waals surface area contributed by atoms with Crippen LogP contribution in [-0.2, 0) is 5.41 Å². The zero-order valence-corrected chi connectivity index (χ0v) is 26.6. The summed E-state index contributed by atoms with van der Waals surface area (Å²) in [4.78, 5) is 0. The molecule has 0 saturated carbocycles. The van der Waals surface area contributed by atoms with E-state index in [9.17, 15) is 0 Å². The van der Waals surface area contributed by atoms with E-state index in [1.165, 1.54) is 116 Å². The molecule has 3 aliphatic heterocycles. The van der Waals surface area contributed by atoms with E-state index < -0.39 is 5.41 Å². The van der Waals surface area contributed by atoms with Gasteiger partial charge >= 0.3 is 0 Å². The van der Waals surface area contributed by atoms with Gasteiger partial charge < -0.3 is 9.13 Å². The highest BCUT2D eigenvalue weighted by molar-refractivity contribution is 7.01. The maximum atomic E-state index is 2.69. The molecule has 1 spiro atoms. The number of aryl methyl sites for hydroxylation is 1. The van der Waals surface area contributed by atoms with Gasteiger partial charge in [0.15, 0.2) is 0 Å². The third-order valence-electron chi connectivity index (χ3n) is 12.7. The van der Waals surface area contributed by atoms with Gasteiger partial charge in [-0.25, -0.2) is 0 Å². The molecule has 7 aromatic carbocycles. The Morgan fingerprint density at radius 3 is 1.98 bits per heavy atom. The summed E-state index contributed by atoms with van der Waals surface area (Å²) < 4.78 is 5.29. The minimum absolute atomic E-state index is 0.121. The predicted molar refractivity (Wildman–Crippen MR) is 200 cm³/mol. The van der Waals surface area contributed by atoms with Crippen molar-refractivity contribution in [3.8, 4) is 22.5 Å². The molecular weight excluding hydrogens is 579 g/mol. The largest absolute Gasteiger partial charge is 0.315 e. The quantitative estimate of drug-likeness (QED) is 0.154. The lowest BCUT2D eigenvalue weighted by Gasteiger charge is -2.44. The summed E-state index contributed by atoms with van der Waals surface area (Å²) in [5.74, 6) is 0. The zero-order valence-electron chi connectivity index (χ0n) is 26.6. The van der Waals surface area contributed by atoms with Crippen molar-refractivity contribution in [2.45, 2.75) is 19.3 Å². The zero-order chi connectivity index (χ0) is 31.2. The molecule has 2 nitrogen and oxygen atoms in total. The van der Waals surface area contributed by atoms with Gasteiger partial charge in [-0.05, 0) is 92.1 Å². The van der Waals surface area contributed by atoms with Crippen LogP contribution >= 0.6 is 0 Å². The van der Waals surface area contributed by atoms with Crippen molar-refractivity contribution in [3.63, 3.8) is 0 Å². The molecule has 0 bridgehead atoms. The van der Waals surface area contributed by atoms with Crippen LogP contribution in [0.1, 0.15) is 33.5 Å². The number of hydrogen-bond acceptors (Lipinski definition) is 0. The maximum absolute atomic E-state index is 2.69. The summed E-state index contributed by atoms with van der Waals surface area (Å²) in [5, 5.41) is 6.76. The molecule has 0 radical (unpaired) electrons. The molecule has 3 heteroatoms. The van der Waals surface area contributed by atoms with Gasteiger partial charge in [0.1, 0.15) is 0 Å². The molecule has 13 rings (SSSR count). The molecule has 0 amide bonds. The minimum Gasteiger partial charge on any atom is -0.315 e. The van der Waals surface area contributed by atoms with Crippen molar-refractivity contribution in [2.24, 2.45) is 0 Å². The average Bonchev–Trinajstić information content (AvgIpc) is 3.72. The second-order valence-corrected chi connectivity index (χ2v) is 14.4. The summed E-state index contributed by atoms with van der Waals surface area (Å²) >= 11 is 0. The predicted octanol–water partition coefficient (Wildman–Crippen LogP) is 8.32. The SMILES string of the molecule is Cc1c(C)n2c3c(c4ccccc4cc13)B1c3c-2ccc2c3-n3c4c1cccc4c1cccc(c13)C21c2ccccc2-c2ccccc21. The third-order valence-corrected chi connectivity index (χ3v) is 12.7. The number of benzene rings is 7. The Hall–Kier alpha value is -5.80. The Balaban J connectivity index is 1.34. The Morgan fingerprint density at radius 2 is 1.17 bits per heavy atom. The van der Waals surface area contributed by atoms with E-state index >= 15 is 0 Å². The second kappa shape index (κ2) is 7.67. The molecule has 0 saturated heterocycles. The lowest BCUT2D eigenvalue weighted by atomic mass is 9.33. The van der Waals surface area contributed by atoms with Crippen LogP contribution in [0.25, 0.3) is 66.0 Å². The molecule has 0 fully saturated rings. The Morgan fingerprint density at radius 1 is 0.500 bits per heavy atom. The fourth-order valence-electron chi connectivity index (χ4n) is 11.0. The lowest BCUT2D eigenvalue weighted by molar-refractivity contribution is 0.749. The van der Waals surface area contributed by atoms with E-state index in [1.54, 1.807) is 0 Å². The van der Waals surface area contributed by atoms with Gasteiger partial charge in [0, 0.05) is 44.3 Å². The number of hydrogen-bond donors (Lipinski definition) is 0. The fraction of sp³-hybridized carbons (Fsp3) is 0.0667. The van der Waals surface area contributed by atoms with Gasteiger partial charge in [-0.15, -0.1) is 0 Å². The van der Waals surface area contributed by atoms with Gasteiger partial charge in [0.05, 0.1) is 10.9 Å². The summed E-state index contributed by atoms with van der Waals surface area (Å²) in [7, 11) is 0. The standard InChI is InChI=1S/C45H27BN2/c1-24-25(2)47-38-22-21-36-44-40(38)46(39-27-12-4-3-11-26(27)23-32(24)43(39)47)37-20-10-16-31-30-15-9-19-35(41(30)48(44)42(31)37)45(36)33-17-7-5-13-28(33)29-14-6-8-18-34(29)45/h3-23H,1-2H3. The van der Waals surface area contributed by atoms with Crippen molar-refractivity contribution in [1.29, 1.82) is 0 Å². The summed E-state index contributed by atoms with van der Waals surface area (Å²) in [6.45, 7) is 4.76. The highest BCUT2D eigenvalue weighted by Gasteiger charge is 2.54. The maximum Gasteiger partial charge on any atom is 0.253 e. The highest BCUT2D eigenvalue weighted by Crippen LogP contribution is 2.61. The Labute approximate surface area is 277 Å². The fourth-order valence-corrected chi connectivity index (χ4v) is 11.0. The lowest BCUT2D eigenvalue weighted by Crippen LogP contribution is -2.60. The van der Waals surface area contributed by atoms with Crippen molar-refractivity contribution >= 4 is 66.6 Å². The highest BCUT2D eigenvalue weighted by atomic mass is 15.1. The summed E-state index contributed by atoms with van der Waals surface area (Å²) in [6, 6.07) is 49.0. The first-order chi connectivity index (χ1) is 23.7. The molecule has 0 unspecified atom stereocenters. The van der Waals surface area contributed by atoms with Crippen LogP contribution < -0.4 is 16.4 Å². The molecule has 1 aliphatic carbocycles. The molecule has 9 aromatic rings. The molecule has 4 aliphatic rings. The monoisotopic (exact) mass is 606 g/mol. The number of para-hydroxylation sites is 2. The van der Waals surface area contributed by atoms with Crippen molar-refractivity contribution in [3.05, 3.63) is 161 Å². The van der Waals surface area contributed by atoms with Gasteiger partial charge in [-0.1, -0.05) is 115 Å². The molecule has 5 heterocycles. The summed E-state index contributed by atoms with van der Waals surface area (Å²) in [6.07, 6.45) is 0. The number of fused-ring (bicyclic) bond motifs is 13. The first kappa shape index (κ1) is 24.4. The van der Waals surface area contributed by atoms with Crippen LogP contribution in [0.4, 0.5) is 0 Å². The van der Waals surface area contributed by atoms with Crippen molar-refractivity contribution < 1.29 is 0 Å². The minimum atomic E-state index is -0.417. The molecule has 0 N–H and O–H groups in total. The van der Waals surface area contributed by atoms with Gasteiger partial charge in [-0.2, -0.15) is 0 Å². The first-order valence-electron chi connectivity index (χ1n) is 17.2.